The van der Waals surface area contributed by atoms with Crippen LogP contribution >= 0.6 is 0 Å². The lowest BCUT2D eigenvalue weighted by atomic mass is 9.98. The number of hydrogen-bond donors (Lipinski definition) is 2. The number of rotatable bonds is 5. The molecule has 4 heteroatoms. The molecule has 0 saturated heterocycles. The first-order valence-corrected chi connectivity index (χ1v) is 4.04. The van der Waals surface area contributed by atoms with E-state index in [0.717, 1.165) is 6.42 Å². The van der Waals surface area contributed by atoms with E-state index in [1.165, 1.54) is 7.11 Å². The van der Waals surface area contributed by atoms with E-state index < -0.39 is 24.6 Å². The Balaban J connectivity index is 4.11. The van der Waals surface area contributed by atoms with Crippen molar-refractivity contribution in [3.05, 3.63) is 0 Å². The highest BCUT2D eigenvalue weighted by Crippen LogP contribution is 2.12. The fourth-order valence-electron chi connectivity index (χ4n) is 1.06. The van der Waals surface area contributed by atoms with Gasteiger partial charge in [-0.1, -0.05) is 13.3 Å². The first-order valence-electron chi connectivity index (χ1n) is 4.04. The molecule has 0 aliphatic carbocycles. The van der Waals surface area contributed by atoms with Gasteiger partial charge in [0.1, 0.15) is 0 Å². The maximum absolute atomic E-state index is 11.0. The number of esters is 1. The highest BCUT2D eigenvalue weighted by Gasteiger charge is 2.25. The number of ether oxygens (including phenoxy) is 1. The predicted molar refractivity (Wildman–Crippen MR) is 43.5 cm³/mol. The molecule has 0 heterocycles. The van der Waals surface area contributed by atoms with Crippen LogP contribution in [0.5, 0.6) is 0 Å². The summed E-state index contributed by atoms with van der Waals surface area (Å²) in [5.74, 6) is -1.05. The van der Waals surface area contributed by atoms with Crippen molar-refractivity contribution in [1.29, 1.82) is 0 Å². The van der Waals surface area contributed by atoms with Gasteiger partial charge in [0.2, 0.25) is 0 Å². The third-order valence-electron chi connectivity index (χ3n) is 1.76. The molecule has 0 rings (SSSR count). The zero-order valence-corrected chi connectivity index (χ0v) is 7.49. The monoisotopic (exact) mass is 176 g/mol. The average molecular weight is 176 g/mol. The van der Waals surface area contributed by atoms with Crippen molar-refractivity contribution in [1.82, 2.24) is 0 Å². The second-order valence-corrected chi connectivity index (χ2v) is 2.67. The molecule has 0 radical (unpaired) electrons. The quantitative estimate of drug-likeness (QED) is 0.575. The Morgan fingerprint density at radius 2 is 2.17 bits per heavy atom. The van der Waals surface area contributed by atoms with E-state index in [1.807, 2.05) is 6.92 Å². The molecule has 0 aromatic rings. The van der Waals surface area contributed by atoms with Gasteiger partial charge >= 0.3 is 5.97 Å². The Labute approximate surface area is 72.2 Å². The van der Waals surface area contributed by atoms with Gasteiger partial charge in [0.25, 0.3) is 0 Å². The second-order valence-electron chi connectivity index (χ2n) is 2.67. The Hall–Kier alpha value is -0.610. The summed E-state index contributed by atoms with van der Waals surface area (Å²) in [6.45, 7) is 1.50. The molecule has 0 aromatic heterocycles. The molecular formula is C8H16O4. The maximum Gasteiger partial charge on any atom is 0.311 e. The number of carbonyl (C=O) groups is 1. The molecule has 0 spiro atoms. The average Bonchev–Trinajstić information content (AvgIpc) is 2.11. The smallest absolute Gasteiger partial charge is 0.311 e. The summed E-state index contributed by atoms with van der Waals surface area (Å²) >= 11 is 0. The van der Waals surface area contributed by atoms with Crippen LogP contribution in [0, 0.1) is 5.92 Å². The minimum Gasteiger partial charge on any atom is -0.469 e. The zero-order valence-electron chi connectivity index (χ0n) is 7.49. The minimum atomic E-state index is -1.00. The Morgan fingerprint density at radius 3 is 2.50 bits per heavy atom. The number of aliphatic hydroxyl groups excluding tert-OH is 2. The van der Waals surface area contributed by atoms with Crippen molar-refractivity contribution in [2.75, 3.05) is 13.7 Å². The molecule has 0 aromatic carbocycles. The number of methoxy groups -OCH3 is 1. The van der Waals surface area contributed by atoms with Gasteiger partial charge in [0.05, 0.1) is 25.7 Å². The summed E-state index contributed by atoms with van der Waals surface area (Å²) in [7, 11) is 1.27. The molecule has 72 valence electrons. The lowest BCUT2D eigenvalue weighted by molar-refractivity contribution is -0.150. The van der Waals surface area contributed by atoms with Crippen LogP contribution in [0.2, 0.25) is 0 Å². The molecule has 12 heavy (non-hydrogen) atoms. The van der Waals surface area contributed by atoms with E-state index in [1.54, 1.807) is 0 Å². The maximum atomic E-state index is 11.0. The van der Waals surface area contributed by atoms with Crippen LogP contribution in [-0.4, -0.2) is 36.0 Å². The molecule has 4 nitrogen and oxygen atoms in total. The van der Waals surface area contributed by atoms with Crippen LogP contribution in [0.15, 0.2) is 0 Å². The Morgan fingerprint density at radius 1 is 1.58 bits per heavy atom. The Kier molecular flexibility index (Phi) is 5.66. The van der Waals surface area contributed by atoms with Gasteiger partial charge < -0.3 is 14.9 Å². The molecule has 2 atom stereocenters. The molecular weight excluding hydrogens is 160 g/mol. The van der Waals surface area contributed by atoms with E-state index in [4.69, 9.17) is 5.11 Å². The normalized spacial score (nSPS) is 15.3. The van der Waals surface area contributed by atoms with Crippen LogP contribution in [0.3, 0.4) is 0 Å². The SMILES string of the molecule is CCCC(C(=O)OC)C(O)CO. The van der Waals surface area contributed by atoms with Crippen molar-refractivity contribution < 1.29 is 19.7 Å². The van der Waals surface area contributed by atoms with Crippen molar-refractivity contribution in [2.24, 2.45) is 5.92 Å². The van der Waals surface area contributed by atoms with Crippen molar-refractivity contribution >= 4 is 5.97 Å². The van der Waals surface area contributed by atoms with Crippen LogP contribution in [0.25, 0.3) is 0 Å². The summed E-state index contributed by atoms with van der Waals surface area (Å²) in [6, 6.07) is 0. The van der Waals surface area contributed by atoms with Crippen molar-refractivity contribution in [3.8, 4) is 0 Å². The highest BCUT2D eigenvalue weighted by atomic mass is 16.5. The van der Waals surface area contributed by atoms with Crippen LogP contribution in [-0.2, 0) is 9.53 Å². The summed E-state index contributed by atoms with van der Waals surface area (Å²) in [6.07, 6.45) is 0.308. The minimum absolute atomic E-state index is 0.403. The van der Waals surface area contributed by atoms with Crippen LogP contribution < -0.4 is 0 Å². The first-order chi connectivity index (χ1) is 5.67. The van der Waals surface area contributed by atoms with E-state index in [-0.39, 0.29) is 0 Å². The number of hydrogen-bond acceptors (Lipinski definition) is 4. The summed E-state index contributed by atoms with van der Waals surface area (Å²) in [5.41, 5.74) is 0. The topological polar surface area (TPSA) is 66.8 Å². The largest absolute Gasteiger partial charge is 0.469 e. The fourth-order valence-corrected chi connectivity index (χ4v) is 1.06. The van der Waals surface area contributed by atoms with Crippen LogP contribution in [0.1, 0.15) is 19.8 Å². The predicted octanol–water partition coefficient (Wildman–Crippen LogP) is -0.0711. The first kappa shape index (κ1) is 11.4. The third kappa shape index (κ3) is 3.19. The van der Waals surface area contributed by atoms with Gasteiger partial charge in [-0.2, -0.15) is 0 Å². The Bertz CT molecular complexity index is 135. The van der Waals surface area contributed by atoms with Gasteiger partial charge in [-0.3, -0.25) is 4.79 Å². The van der Waals surface area contributed by atoms with Gasteiger partial charge in [-0.25, -0.2) is 0 Å². The standard InChI is InChI=1S/C8H16O4/c1-3-4-6(7(10)5-9)8(11)12-2/h6-7,9-10H,3-5H2,1-2H3. The lowest BCUT2D eigenvalue weighted by Gasteiger charge is -2.17. The number of carbonyl (C=O) groups excluding carboxylic acids is 1. The summed E-state index contributed by atoms with van der Waals surface area (Å²) in [4.78, 5) is 11.0. The lowest BCUT2D eigenvalue weighted by Crippen LogP contribution is -2.31. The third-order valence-corrected chi connectivity index (χ3v) is 1.76. The van der Waals surface area contributed by atoms with Crippen molar-refractivity contribution in [2.45, 2.75) is 25.9 Å². The molecule has 0 bridgehead atoms. The molecule has 2 N–H and O–H groups in total. The van der Waals surface area contributed by atoms with Gasteiger partial charge in [-0.05, 0) is 6.42 Å². The summed E-state index contributed by atoms with van der Waals surface area (Å²) in [5, 5.41) is 17.8. The molecule has 0 fully saturated rings. The molecule has 0 saturated carbocycles. The van der Waals surface area contributed by atoms with Gasteiger partial charge in [0.15, 0.2) is 0 Å². The van der Waals surface area contributed by atoms with Crippen molar-refractivity contribution in [3.63, 3.8) is 0 Å². The highest BCUT2D eigenvalue weighted by molar-refractivity contribution is 5.72. The van der Waals surface area contributed by atoms with Crippen LogP contribution in [0.4, 0.5) is 0 Å². The zero-order chi connectivity index (χ0) is 9.56. The molecule has 2 unspecified atom stereocenters. The van der Waals surface area contributed by atoms with Gasteiger partial charge in [-0.15, -0.1) is 0 Å². The summed E-state index contributed by atoms with van der Waals surface area (Å²) < 4.78 is 4.48. The molecule has 0 aliphatic heterocycles. The molecule has 0 aliphatic rings. The fraction of sp³-hybridized carbons (Fsp3) is 0.875. The van der Waals surface area contributed by atoms with E-state index in [0.29, 0.717) is 6.42 Å². The van der Waals surface area contributed by atoms with E-state index in [2.05, 4.69) is 4.74 Å². The van der Waals surface area contributed by atoms with E-state index in [9.17, 15) is 9.90 Å². The van der Waals surface area contributed by atoms with Gasteiger partial charge in [0, 0.05) is 0 Å². The van der Waals surface area contributed by atoms with E-state index >= 15 is 0 Å². The second kappa shape index (κ2) is 5.97. The molecule has 0 amide bonds. The number of aliphatic hydroxyl groups is 2.